The van der Waals surface area contributed by atoms with Crippen LogP contribution in [-0.4, -0.2) is 62.1 Å². The van der Waals surface area contributed by atoms with Crippen LogP contribution in [-0.2, 0) is 4.74 Å². The first-order valence-corrected chi connectivity index (χ1v) is 10.5. The van der Waals surface area contributed by atoms with E-state index in [1.807, 2.05) is 0 Å². The molecule has 0 bridgehead atoms. The summed E-state index contributed by atoms with van der Waals surface area (Å²) in [5.41, 5.74) is 1.22. The molecule has 0 aliphatic carbocycles. The number of aliphatic hydroxyl groups is 2. The number of aromatic nitrogens is 3. The third-order valence-electron chi connectivity index (χ3n) is 4.88. The Labute approximate surface area is 194 Å². The van der Waals surface area contributed by atoms with Gasteiger partial charge in [0.05, 0.1) is 43.5 Å². The average molecular weight is 474 g/mol. The zero-order valence-electron chi connectivity index (χ0n) is 18.1. The molecule has 0 fully saturated rings. The zero-order valence-corrected chi connectivity index (χ0v) is 18.9. The van der Waals surface area contributed by atoms with Gasteiger partial charge in [-0.1, -0.05) is 18.3 Å². The summed E-state index contributed by atoms with van der Waals surface area (Å²) in [5, 5.41) is 19.4. The van der Waals surface area contributed by atoms with Gasteiger partial charge in [-0.25, -0.2) is 19.7 Å². The molecule has 11 heteroatoms. The number of oxazole rings is 2. The number of hydrogen-bond acceptors (Lipinski definition) is 11. The van der Waals surface area contributed by atoms with Crippen LogP contribution in [0.15, 0.2) is 39.6 Å². The van der Waals surface area contributed by atoms with Crippen LogP contribution < -0.4 is 0 Å². The van der Waals surface area contributed by atoms with Gasteiger partial charge >= 0.3 is 5.97 Å². The molecule has 0 amide bonds. The standard InChI is InChI=1S/C22H23N3O7S/c1-12-10-31-20(23-12)14(9-27)7-19(33)16-5-3-4-15(24-16)18(28)6-13(8-26)21-25-17(11-32-21)22(29)30-2/h3-5,10-11,13-14,26-27H,6-9H2,1-2H3. The second-order valence-corrected chi connectivity index (χ2v) is 7.80. The Bertz CT molecular complexity index is 1140. The molecule has 2 unspecified atom stereocenters. The predicted molar refractivity (Wildman–Crippen MR) is 118 cm³/mol. The quantitative estimate of drug-likeness (QED) is 0.240. The number of rotatable bonds is 11. The van der Waals surface area contributed by atoms with Crippen molar-refractivity contribution in [1.29, 1.82) is 0 Å². The third-order valence-corrected chi connectivity index (χ3v) is 5.25. The van der Waals surface area contributed by atoms with E-state index < -0.39 is 24.4 Å². The summed E-state index contributed by atoms with van der Waals surface area (Å²) in [6.45, 7) is 1.16. The summed E-state index contributed by atoms with van der Waals surface area (Å²) in [7, 11) is 1.21. The number of esters is 1. The van der Waals surface area contributed by atoms with E-state index in [1.54, 1.807) is 25.1 Å². The van der Waals surface area contributed by atoms with Gasteiger partial charge in [-0.2, -0.15) is 0 Å². The minimum absolute atomic E-state index is 0.0463. The number of hydrogen-bond donors (Lipinski definition) is 2. The molecular formula is C22H23N3O7S. The first-order valence-electron chi connectivity index (χ1n) is 10.1. The molecule has 3 aromatic rings. The Morgan fingerprint density at radius 1 is 0.970 bits per heavy atom. The molecule has 3 heterocycles. The fourth-order valence-electron chi connectivity index (χ4n) is 3.10. The van der Waals surface area contributed by atoms with Gasteiger partial charge in [-0.05, 0) is 25.5 Å². The Morgan fingerprint density at radius 3 is 2.24 bits per heavy atom. The van der Waals surface area contributed by atoms with Gasteiger partial charge in [-0.15, -0.1) is 0 Å². The van der Waals surface area contributed by atoms with E-state index in [0.29, 0.717) is 22.1 Å². The highest BCUT2D eigenvalue weighted by atomic mass is 32.1. The van der Waals surface area contributed by atoms with Crippen molar-refractivity contribution in [3.8, 4) is 0 Å². The molecule has 0 aliphatic heterocycles. The molecule has 2 atom stereocenters. The van der Waals surface area contributed by atoms with Crippen molar-refractivity contribution in [3.05, 3.63) is 65.3 Å². The van der Waals surface area contributed by atoms with Crippen molar-refractivity contribution >= 4 is 28.8 Å². The van der Waals surface area contributed by atoms with E-state index >= 15 is 0 Å². The largest absolute Gasteiger partial charge is 0.464 e. The summed E-state index contributed by atoms with van der Waals surface area (Å²) < 4.78 is 15.2. The monoisotopic (exact) mass is 473 g/mol. The van der Waals surface area contributed by atoms with E-state index in [2.05, 4.69) is 19.7 Å². The lowest BCUT2D eigenvalue weighted by atomic mass is 10.00. The number of thiocarbonyl (C=S) groups is 1. The molecule has 3 aromatic heterocycles. The van der Waals surface area contributed by atoms with E-state index in [9.17, 15) is 19.8 Å². The molecule has 0 spiro atoms. The summed E-state index contributed by atoms with van der Waals surface area (Å²) >= 11 is 5.48. The van der Waals surface area contributed by atoms with Gasteiger partial charge in [0.2, 0.25) is 5.89 Å². The number of Topliss-reactive ketones (excluding diaryl/α,β-unsaturated/α-hetero) is 1. The lowest BCUT2D eigenvalue weighted by Crippen LogP contribution is -2.16. The Kier molecular flexibility index (Phi) is 8.15. The number of ketones is 1. The number of methoxy groups -OCH3 is 1. The zero-order chi connectivity index (χ0) is 24.0. The second-order valence-electron chi connectivity index (χ2n) is 7.31. The van der Waals surface area contributed by atoms with E-state index in [0.717, 1.165) is 6.26 Å². The van der Waals surface area contributed by atoms with Crippen LogP contribution in [0.1, 0.15) is 68.8 Å². The summed E-state index contributed by atoms with van der Waals surface area (Å²) in [5.74, 6) is -1.81. The highest BCUT2D eigenvalue weighted by Gasteiger charge is 2.25. The number of aliphatic hydroxyl groups excluding tert-OH is 2. The van der Waals surface area contributed by atoms with Crippen molar-refractivity contribution in [2.75, 3.05) is 20.3 Å². The molecule has 33 heavy (non-hydrogen) atoms. The summed E-state index contributed by atoms with van der Waals surface area (Å²) in [4.78, 5) is 37.4. The lowest BCUT2D eigenvalue weighted by molar-refractivity contribution is 0.0593. The normalized spacial score (nSPS) is 12.8. The maximum Gasteiger partial charge on any atom is 0.360 e. The lowest BCUT2D eigenvalue weighted by Gasteiger charge is -2.12. The van der Waals surface area contributed by atoms with Crippen molar-refractivity contribution < 1.29 is 33.4 Å². The average Bonchev–Trinajstić information content (AvgIpc) is 3.49. The van der Waals surface area contributed by atoms with E-state index in [1.165, 1.54) is 13.4 Å². The van der Waals surface area contributed by atoms with Crippen LogP contribution in [0.3, 0.4) is 0 Å². The van der Waals surface area contributed by atoms with Crippen molar-refractivity contribution in [2.24, 2.45) is 0 Å². The molecule has 0 radical (unpaired) electrons. The number of carbonyl (C=O) groups is 2. The van der Waals surface area contributed by atoms with Gasteiger partial charge < -0.3 is 23.8 Å². The predicted octanol–water partition coefficient (Wildman–Crippen LogP) is 2.39. The van der Waals surface area contributed by atoms with Gasteiger partial charge in [0, 0.05) is 11.3 Å². The van der Waals surface area contributed by atoms with Crippen LogP contribution >= 0.6 is 12.2 Å². The highest BCUT2D eigenvalue weighted by Crippen LogP contribution is 2.23. The van der Waals surface area contributed by atoms with Crippen LogP contribution in [0.4, 0.5) is 0 Å². The fourth-order valence-corrected chi connectivity index (χ4v) is 3.41. The molecule has 3 rings (SSSR count). The number of aryl methyl sites for hydroxylation is 1. The fraction of sp³-hybridized carbons (Fsp3) is 0.364. The van der Waals surface area contributed by atoms with Crippen molar-refractivity contribution in [3.63, 3.8) is 0 Å². The number of nitrogens with zero attached hydrogens (tertiary/aromatic N) is 3. The molecule has 10 nitrogen and oxygen atoms in total. The molecule has 0 aliphatic rings. The Hall–Kier alpha value is -3.28. The van der Waals surface area contributed by atoms with E-state index in [-0.39, 0.29) is 42.5 Å². The SMILES string of the molecule is COC(=O)c1coc(C(CO)CC(=O)c2cccc(C(=S)CC(CO)c3nc(C)co3)n2)n1. The van der Waals surface area contributed by atoms with Crippen LogP contribution in [0.25, 0.3) is 0 Å². The Morgan fingerprint density at radius 2 is 1.61 bits per heavy atom. The van der Waals surface area contributed by atoms with E-state index in [4.69, 9.17) is 21.1 Å². The molecule has 0 saturated heterocycles. The van der Waals surface area contributed by atoms with Crippen molar-refractivity contribution in [1.82, 2.24) is 15.0 Å². The summed E-state index contributed by atoms with van der Waals surface area (Å²) in [6, 6.07) is 4.87. The number of carbonyl (C=O) groups excluding carboxylic acids is 2. The van der Waals surface area contributed by atoms with Gasteiger partial charge in [0.15, 0.2) is 17.4 Å². The molecular weight excluding hydrogens is 450 g/mol. The smallest absolute Gasteiger partial charge is 0.360 e. The van der Waals surface area contributed by atoms with Gasteiger partial charge in [-0.3, -0.25) is 4.79 Å². The van der Waals surface area contributed by atoms with Crippen LogP contribution in [0.5, 0.6) is 0 Å². The topological polar surface area (TPSA) is 149 Å². The molecule has 0 saturated carbocycles. The van der Waals surface area contributed by atoms with Crippen LogP contribution in [0.2, 0.25) is 0 Å². The molecule has 2 N–H and O–H groups in total. The first-order chi connectivity index (χ1) is 15.9. The molecule has 174 valence electrons. The summed E-state index contributed by atoms with van der Waals surface area (Å²) in [6.07, 6.45) is 2.73. The molecule has 0 aromatic carbocycles. The maximum atomic E-state index is 12.8. The van der Waals surface area contributed by atoms with Crippen LogP contribution in [0, 0.1) is 6.92 Å². The van der Waals surface area contributed by atoms with Gasteiger partial charge in [0.1, 0.15) is 18.2 Å². The minimum Gasteiger partial charge on any atom is -0.464 e. The van der Waals surface area contributed by atoms with Crippen molar-refractivity contribution in [2.45, 2.75) is 31.6 Å². The second kappa shape index (κ2) is 11.0. The highest BCUT2D eigenvalue weighted by molar-refractivity contribution is 7.80. The first kappa shape index (κ1) is 24.4. The number of pyridine rings is 1. The minimum atomic E-state index is -0.764. The Balaban J connectivity index is 1.71. The third kappa shape index (κ3) is 5.95. The van der Waals surface area contributed by atoms with Gasteiger partial charge in [0.25, 0.3) is 0 Å². The maximum absolute atomic E-state index is 12.8. The number of ether oxygens (including phenoxy) is 1.